The third-order valence-corrected chi connectivity index (χ3v) is 5.67. The smallest absolute Gasteiger partial charge is 0.0704 e. The van der Waals surface area contributed by atoms with Gasteiger partial charge >= 0.3 is 0 Å². The summed E-state index contributed by atoms with van der Waals surface area (Å²) >= 11 is 5.54. The molecule has 94 valence electrons. The van der Waals surface area contributed by atoms with Crippen LogP contribution in [0.4, 0.5) is 0 Å². The van der Waals surface area contributed by atoms with Crippen molar-refractivity contribution in [2.75, 3.05) is 6.54 Å². The first-order valence-electron chi connectivity index (χ1n) is 6.84. The van der Waals surface area contributed by atoms with Crippen LogP contribution in [-0.4, -0.2) is 6.54 Å². The number of nitrogens with one attached hydrogen (secondary N) is 1. The van der Waals surface area contributed by atoms with E-state index in [1.165, 1.54) is 55.3 Å². The van der Waals surface area contributed by atoms with Gasteiger partial charge in [-0.1, -0.05) is 12.8 Å². The van der Waals surface area contributed by atoms with E-state index in [1.807, 2.05) is 11.3 Å². The summed E-state index contributed by atoms with van der Waals surface area (Å²) < 4.78 is 1.30. The molecular formula is C14H20BrNS. The Hall–Kier alpha value is 0.140. The summed E-state index contributed by atoms with van der Waals surface area (Å²) in [5.74, 6) is 1.08. The Balaban J connectivity index is 1.52. The van der Waals surface area contributed by atoms with Crippen molar-refractivity contribution in [2.24, 2.45) is 5.92 Å². The molecule has 1 N–H and O–H groups in total. The van der Waals surface area contributed by atoms with Crippen molar-refractivity contribution in [3.8, 4) is 0 Å². The summed E-state index contributed by atoms with van der Waals surface area (Å²) in [6, 6.07) is 2.96. The lowest BCUT2D eigenvalue weighted by atomic mass is 9.94. The van der Waals surface area contributed by atoms with Gasteiger partial charge < -0.3 is 5.32 Å². The first kappa shape index (κ1) is 12.2. The molecule has 2 aliphatic rings. The maximum atomic E-state index is 3.76. The zero-order valence-corrected chi connectivity index (χ0v) is 12.6. The van der Waals surface area contributed by atoms with Gasteiger partial charge in [-0.2, -0.15) is 0 Å². The summed E-state index contributed by atoms with van der Waals surface area (Å²) in [5, 5.41) is 3.76. The molecule has 0 spiro atoms. The van der Waals surface area contributed by atoms with Crippen molar-refractivity contribution in [1.29, 1.82) is 0 Å². The van der Waals surface area contributed by atoms with Crippen LogP contribution in [0, 0.1) is 5.92 Å². The van der Waals surface area contributed by atoms with Crippen LogP contribution in [-0.2, 0) is 6.42 Å². The van der Waals surface area contributed by atoms with Gasteiger partial charge in [0.05, 0.1) is 3.79 Å². The molecule has 3 heteroatoms. The summed E-state index contributed by atoms with van der Waals surface area (Å²) in [7, 11) is 0. The van der Waals surface area contributed by atoms with E-state index in [0.29, 0.717) is 6.04 Å². The van der Waals surface area contributed by atoms with Crippen molar-refractivity contribution in [2.45, 2.75) is 51.0 Å². The number of aryl methyl sites for hydroxylation is 1. The van der Waals surface area contributed by atoms with Gasteiger partial charge in [-0.3, -0.25) is 0 Å². The fraction of sp³-hybridized carbons (Fsp3) is 0.714. The molecule has 0 bridgehead atoms. The van der Waals surface area contributed by atoms with Crippen molar-refractivity contribution < 1.29 is 0 Å². The summed E-state index contributed by atoms with van der Waals surface area (Å²) in [4.78, 5) is 1.60. The lowest BCUT2D eigenvalue weighted by molar-refractivity contribution is 0.451. The molecule has 2 aliphatic carbocycles. The van der Waals surface area contributed by atoms with Crippen LogP contribution in [0.1, 0.15) is 55.0 Å². The van der Waals surface area contributed by atoms with E-state index < -0.39 is 0 Å². The maximum Gasteiger partial charge on any atom is 0.0704 e. The van der Waals surface area contributed by atoms with Gasteiger partial charge in [-0.05, 0) is 72.1 Å². The van der Waals surface area contributed by atoms with Crippen LogP contribution in [0.2, 0.25) is 0 Å². The average molecular weight is 314 g/mol. The molecule has 0 radical (unpaired) electrons. The lowest BCUT2D eigenvalue weighted by Crippen LogP contribution is -2.25. The monoisotopic (exact) mass is 313 g/mol. The van der Waals surface area contributed by atoms with Crippen molar-refractivity contribution >= 4 is 27.3 Å². The highest BCUT2D eigenvalue weighted by Gasteiger charge is 2.23. The van der Waals surface area contributed by atoms with Crippen molar-refractivity contribution in [3.05, 3.63) is 20.3 Å². The van der Waals surface area contributed by atoms with Crippen LogP contribution in [0.25, 0.3) is 0 Å². The molecule has 3 rings (SSSR count). The Morgan fingerprint density at radius 3 is 3.06 bits per heavy atom. The fourth-order valence-corrected chi connectivity index (χ4v) is 4.63. The van der Waals surface area contributed by atoms with Crippen LogP contribution >= 0.6 is 27.3 Å². The summed E-state index contributed by atoms with van der Waals surface area (Å²) in [5.41, 5.74) is 1.57. The molecule has 17 heavy (non-hydrogen) atoms. The van der Waals surface area contributed by atoms with Gasteiger partial charge in [0, 0.05) is 10.9 Å². The van der Waals surface area contributed by atoms with Crippen LogP contribution in [0.5, 0.6) is 0 Å². The van der Waals surface area contributed by atoms with Gasteiger partial charge in [-0.25, -0.2) is 0 Å². The molecular weight excluding hydrogens is 294 g/mol. The summed E-state index contributed by atoms with van der Waals surface area (Å²) in [6.07, 6.45) is 9.74. The molecule has 0 aliphatic heterocycles. The molecule has 1 unspecified atom stereocenters. The first-order chi connectivity index (χ1) is 8.33. The predicted molar refractivity (Wildman–Crippen MR) is 77.7 cm³/mol. The minimum atomic E-state index is 0.625. The number of halogens is 1. The van der Waals surface area contributed by atoms with Gasteiger partial charge in [0.1, 0.15) is 0 Å². The maximum absolute atomic E-state index is 3.76. The van der Waals surface area contributed by atoms with Crippen molar-refractivity contribution in [3.63, 3.8) is 0 Å². The standard InChI is InChI=1S/C14H20BrNS/c15-14-9-11-12(4-1-5-13(11)17-14)16-8-2-3-10-6-7-10/h9-10,12,16H,1-8H2. The Kier molecular flexibility index (Phi) is 3.88. The molecule has 1 atom stereocenters. The first-order valence-corrected chi connectivity index (χ1v) is 8.45. The van der Waals surface area contributed by atoms with Crippen LogP contribution in [0.15, 0.2) is 9.85 Å². The summed E-state index contributed by atoms with van der Waals surface area (Å²) in [6.45, 7) is 1.20. The zero-order valence-electron chi connectivity index (χ0n) is 10.2. The lowest BCUT2D eigenvalue weighted by Gasteiger charge is -2.23. The van der Waals surface area contributed by atoms with Crippen molar-refractivity contribution in [1.82, 2.24) is 5.32 Å². The molecule has 1 nitrogen and oxygen atoms in total. The molecule has 0 amide bonds. The van der Waals surface area contributed by atoms with E-state index in [-0.39, 0.29) is 0 Å². The van der Waals surface area contributed by atoms with Gasteiger partial charge in [-0.15, -0.1) is 11.3 Å². The van der Waals surface area contributed by atoms with E-state index in [0.717, 1.165) is 5.92 Å². The van der Waals surface area contributed by atoms with Gasteiger partial charge in [0.25, 0.3) is 0 Å². The normalized spacial score (nSPS) is 23.7. The van der Waals surface area contributed by atoms with Crippen LogP contribution < -0.4 is 5.32 Å². The molecule has 1 aromatic heterocycles. The molecule has 1 aromatic rings. The average Bonchev–Trinajstić information content (AvgIpc) is 3.05. The zero-order chi connectivity index (χ0) is 11.7. The van der Waals surface area contributed by atoms with E-state index in [4.69, 9.17) is 0 Å². The number of hydrogen-bond acceptors (Lipinski definition) is 2. The Bertz CT molecular complexity index is 384. The number of hydrogen-bond donors (Lipinski definition) is 1. The van der Waals surface area contributed by atoms with E-state index >= 15 is 0 Å². The molecule has 1 fully saturated rings. The SMILES string of the molecule is Brc1cc2c(s1)CCCC2NCCCC1CC1. The molecule has 0 aromatic carbocycles. The van der Waals surface area contributed by atoms with Gasteiger partial charge in [0.2, 0.25) is 0 Å². The highest BCUT2D eigenvalue weighted by Crippen LogP contribution is 2.38. The van der Waals surface area contributed by atoms with Gasteiger partial charge in [0.15, 0.2) is 0 Å². The second-order valence-electron chi connectivity index (χ2n) is 5.41. The predicted octanol–water partition coefficient (Wildman–Crippen LogP) is 4.67. The molecule has 0 saturated heterocycles. The fourth-order valence-electron chi connectivity index (χ4n) is 2.81. The molecule has 1 saturated carbocycles. The third-order valence-electron chi connectivity index (χ3n) is 3.96. The third kappa shape index (κ3) is 3.12. The second-order valence-corrected chi connectivity index (χ2v) is 7.93. The number of thiophene rings is 1. The minimum Gasteiger partial charge on any atom is -0.310 e. The highest BCUT2D eigenvalue weighted by atomic mass is 79.9. The minimum absolute atomic E-state index is 0.625. The quantitative estimate of drug-likeness (QED) is 0.779. The Morgan fingerprint density at radius 1 is 1.35 bits per heavy atom. The van der Waals surface area contributed by atoms with Crippen LogP contribution in [0.3, 0.4) is 0 Å². The Morgan fingerprint density at radius 2 is 2.24 bits per heavy atom. The highest BCUT2D eigenvalue weighted by molar-refractivity contribution is 9.11. The largest absolute Gasteiger partial charge is 0.310 e. The van der Waals surface area contributed by atoms with E-state index in [9.17, 15) is 0 Å². The Labute approximate surface area is 116 Å². The number of rotatable bonds is 5. The number of fused-ring (bicyclic) bond motifs is 1. The van der Waals surface area contributed by atoms with E-state index in [2.05, 4.69) is 27.3 Å². The second kappa shape index (κ2) is 5.41. The van der Waals surface area contributed by atoms with E-state index in [1.54, 1.807) is 10.4 Å². The topological polar surface area (TPSA) is 12.0 Å². The molecule has 1 heterocycles.